The summed E-state index contributed by atoms with van der Waals surface area (Å²) in [6, 6.07) is 7.83. The van der Waals surface area contributed by atoms with Crippen molar-refractivity contribution in [2.75, 3.05) is 7.05 Å². The molecule has 0 amide bonds. The summed E-state index contributed by atoms with van der Waals surface area (Å²) < 4.78 is 5.77. The first-order valence-electron chi connectivity index (χ1n) is 7.68. The molecular weight excluding hydrogens is 264 g/mol. The molecule has 4 nitrogen and oxygen atoms in total. The van der Waals surface area contributed by atoms with E-state index in [4.69, 9.17) is 4.74 Å². The molecule has 0 spiro atoms. The number of esters is 1. The van der Waals surface area contributed by atoms with Crippen molar-refractivity contribution in [3.05, 3.63) is 36.0 Å². The largest absolute Gasteiger partial charge is 0.459 e. The zero-order valence-electron chi connectivity index (χ0n) is 12.2. The summed E-state index contributed by atoms with van der Waals surface area (Å²) in [6.07, 6.45) is 6.20. The molecule has 4 rings (SSSR count). The summed E-state index contributed by atoms with van der Waals surface area (Å²) in [6.45, 7) is 0. The van der Waals surface area contributed by atoms with Gasteiger partial charge in [0.15, 0.2) is 0 Å². The fourth-order valence-corrected chi connectivity index (χ4v) is 4.09. The lowest BCUT2D eigenvalue weighted by Crippen LogP contribution is -2.53. The van der Waals surface area contributed by atoms with E-state index in [2.05, 4.69) is 10.3 Å². The SMILES string of the molecule is CNC12CCC1CC(OC(=O)c1c[nH]c3ccccc13)C2. The van der Waals surface area contributed by atoms with E-state index in [-0.39, 0.29) is 17.6 Å². The second-order valence-corrected chi connectivity index (χ2v) is 6.36. The zero-order valence-corrected chi connectivity index (χ0v) is 12.2. The maximum atomic E-state index is 12.4. The molecular formula is C17H20N2O2. The van der Waals surface area contributed by atoms with Crippen LogP contribution in [0.25, 0.3) is 10.9 Å². The van der Waals surface area contributed by atoms with Gasteiger partial charge in [-0.05, 0) is 38.3 Å². The topological polar surface area (TPSA) is 54.1 Å². The maximum absolute atomic E-state index is 12.4. The Hall–Kier alpha value is -1.81. The number of fused-ring (bicyclic) bond motifs is 2. The monoisotopic (exact) mass is 284 g/mol. The van der Waals surface area contributed by atoms with Crippen molar-refractivity contribution in [2.45, 2.75) is 37.3 Å². The number of aromatic nitrogens is 1. The predicted octanol–water partition coefficient (Wildman–Crippen LogP) is 2.86. The molecule has 0 saturated heterocycles. The van der Waals surface area contributed by atoms with Gasteiger partial charge in [0.2, 0.25) is 0 Å². The number of aromatic amines is 1. The Labute approximate surface area is 123 Å². The van der Waals surface area contributed by atoms with Gasteiger partial charge >= 0.3 is 5.97 Å². The number of para-hydroxylation sites is 1. The first-order chi connectivity index (χ1) is 10.2. The molecule has 1 aromatic heterocycles. The molecule has 2 aliphatic carbocycles. The Morgan fingerprint density at radius 3 is 3.00 bits per heavy atom. The number of rotatable bonds is 3. The quantitative estimate of drug-likeness (QED) is 0.852. The molecule has 3 atom stereocenters. The van der Waals surface area contributed by atoms with E-state index in [1.807, 2.05) is 31.3 Å². The van der Waals surface area contributed by atoms with Gasteiger partial charge in [0.1, 0.15) is 6.10 Å². The van der Waals surface area contributed by atoms with Crippen LogP contribution >= 0.6 is 0 Å². The lowest BCUT2D eigenvalue weighted by Gasteiger charge is -2.44. The fourth-order valence-electron chi connectivity index (χ4n) is 4.09. The Bertz CT molecular complexity index is 689. The third-order valence-electron chi connectivity index (χ3n) is 5.44. The molecule has 0 radical (unpaired) electrons. The van der Waals surface area contributed by atoms with Gasteiger partial charge in [-0.25, -0.2) is 4.79 Å². The van der Waals surface area contributed by atoms with Crippen molar-refractivity contribution in [1.29, 1.82) is 0 Å². The van der Waals surface area contributed by atoms with Crippen molar-refractivity contribution >= 4 is 16.9 Å². The minimum absolute atomic E-state index is 0.0473. The second-order valence-electron chi connectivity index (χ2n) is 6.36. The molecule has 2 aromatic rings. The van der Waals surface area contributed by atoms with E-state index in [9.17, 15) is 4.79 Å². The number of carbonyl (C=O) groups is 1. The summed E-state index contributed by atoms with van der Waals surface area (Å²) in [5, 5.41) is 4.38. The van der Waals surface area contributed by atoms with Gasteiger partial charge in [0, 0.05) is 29.1 Å². The molecule has 2 aliphatic rings. The van der Waals surface area contributed by atoms with E-state index >= 15 is 0 Å². The second kappa shape index (κ2) is 4.60. The highest BCUT2D eigenvalue weighted by Gasteiger charge is 2.53. The van der Waals surface area contributed by atoms with Crippen LogP contribution < -0.4 is 5.32 Å². The van der Waals surface area contributed by atoms with Crippen molar-refractivity contribution < 1.29 is 9.53 Å². The van der Waals surface area contributed by atoms with Gasteiger partial charge in [-0.15, -0.1) is 0 Å². The Balaban J connectivity index is 1.52. The number of ether oxygens (including phenoxy) is 1. The Morgan fingerprint density at radius 2 is 2.29 bits per heavy atom. The lowest BCUT2D eigenvalue weighted by molar-refractivity contribution is 0.0305. The highest BCUT2D eigenvalue weighted by molar-refractivity contribution is 6.04. The summed E-state index contributed by atoms with van der Waals surface area (Å²) in [7, 11) is 2.02. The van der Waals surface area contributed by atoms with Crippen molar-refractivity contribution in [3.8, 4) is 0 Å². The smallest absolute Gasteiger partial charge is 0.340 e. The summed E-state index contributed by atoms with van der Waals surface area (Å²) in [5.41, 5.74) is 1.84. The predicted molar refractivity (Wildman–Crippen MR) is 81.3 cm³/mol. The molecule has 0 aliphatic heterocycles. The molecule has 3 unspecified atom stereocenters. The van der Waals surface area contributed by atoms with E-state index < -0.39 is 0 Å². The van der Waals surface area contributed by atoms with E-state index in [1.165, 1.54) is 12.8 Å². The van der Waals surface area contributed by atoms with Crippen LogP contribution in [0.4, 0.5) is 0 Å². The third kappa shape index (κ3) is 1.89. The van der Waals surface area contributed by atoms with Crippen LogP contribution in [-0.2, 0) is 4.74 Å². The highest BCUT2D eigenvalue weighted by atomic mass is 16.5. The number of benzene rings is 1. The van der Waals surface area contributed by atoms with Gasteiger partial charge in [0.05, 0.1) is 5.56 Å². The molecule has 1 heterocycles. The number of nitrogens with one attached hydrogen (secondary N) is 2. The van der Waals surface area contributed by atoms with Gasteiger partial charge in [-0.1, -0.05) is 18.2 Å². The molecule has 2 fully saturated rings. The van der Waals surface area contributed by atoms with E-state index in [0.717, 1.165) is 23.7 Å². The van der Waals surface area contributed by atoms with Crippen LogP contribution in [0.5, 0.6) is 0 Å². The van der Waals surface area contributed by atoms with Crippen LogP contribution in [-0.4, -0.2) is 29.6 Å². The van der Waals surface area contributed by atoms with Crippen LogP contribution in [0.15, 0.2) is 30.5 Å². The number of hydrogen-bond donors (Lipinski definition) is 2. The molecule has 0 bridgehead atoms. The third-order valence-corrected chi connectivity index (χ3v) is 5.44. The normalized spacial score (nSPS) is 30.9. The first-order valence-corrected chi connectivity index (χ1v) is 7.68. The molecule has 21 heavy (non-hydrogen) atoms. The van der Waals surface area contributed by atoms with Crippen LogP contribution in [0.1, 0.15) is 36.0 Å². The van der Waals surface area contributed by atoms with E-state index in [0.29, 0.717) is 11.5 Å². The number of carbonyl (C=O) groups excluding carboxylic acids is 1. The minimum atomic E-state index is -0.204. The zero-order chi connectivity index (χ0) is 14.4. The van der Waals surface area contributed by atoms with Crippen LogP contribution in [0.2, 0.25) is 0 Å². The molecule has 4 heteroatoms. The average molecular weight is 284 g/mol. The molecule has 2 saturated carbocycles. The Morgan fingerprint density at radius 1 is 1.43 bits per heavy atom. The average Bonchev–Trinajstić information content (AvgIpc) is 3.01. The summed E-state index contributed by atoms with van der Waals surface area (Å²) >= 11 is 0. The minimum Gasteiger partial charge on any atom is -0.459 e. The van der Waals surface area contributed by atoms with Crippen LogP contribution in [0, 0.1) is 5.92 Å². The van der Waals surface area contributed by atoms with Crippen molar-refractivity contribution in [3.63, 3.8) is 0 Å². The number of H-pyrrole nitrogens is 1. The summed E-state index contributed by atoms with van der Waals surface area (Å²) in [4.78, 5) is 15.6. The highest BCUT2D eigenvalue weighted by Crippen LogP contribution is 2.51. The maximum Gasteiger partial charge on any atom is 0.340 e. The van der Waals surface area contributed by atoms with Gasteiger partial charge in [-0.3, -0.25) is 0 Å². The fraction of sp³-hybridized carbons (Fsp3) is 0.471. The lowest BCUT2D eigenvalue weighted by atomic mass is 9.69. The summed E-state index contributed by atoms with van der Waals surface area (Å²) in [5.74, 6) is 0.466. The van der Waals surface area contributed by atoms with Crippen LogP contribution in [0.3, 0.4) is 0 Å². The number of hydrogen-bond acceptors (Lipinski definition) is 3. The van der Waals surface area contributed by atoms with Gasteiger partial charge in [-0.2, -0.15) is 0 Å². The molecule has 2 N–H and O–H groups in total. The molecule has 110 valence electrons. The Kier molecular flexibility index (Phi) is 2.82. The molecule has 1 aromatic carbocycles. The van der Waals surface area contributed by atoms with Gasteiger partial charge in [0.25, 0.3) is 0 Å². The standard InChI is InChI=1S/C17H20N2O2/c1-18-17-7-6-11(17)8-12(9-17)21-16(20)14-10-19-15-5-3-2-4-13(14)15/h2-5,10-12,18-19H,6-9H2,1H3. The van der Waals surface area contributed by atoms with Crippen molar-refractivity contribution in [2.24, 2.45) is 5.92 Å². The van der Waals surface area contributed by atoms with E-state index in [1.54, 1.807) is 6.20 Å². The first kappa shape index (κ1) is 12.9. The van der Waals surface area contributed by atoms with Crippen molar-refractivity contribution in [1.82, 2.24) is 10.3 Å². The van der Waals surface area contributed by atoms with Gasteiger partial charge < -0.3 is 15.0 Å².